The number of hydrogen-bond donors (Lipinski definition) is 0. The molecular weight excluding hydrogens is 371 g/mol. The van der Waals surface area contributed by atoms with Gasteiger partial charge >= 0.3 is 6.36 Å². The molecule has 4 rings (SSSR count). The van der Waals surface area contributed by atoms with E-state index in [0.717, 1.165) is 5.69 Å². The zero-order valence-corrected chi connectivity index (χ0v) is 14.6. The van der Waals surface area contributed by atoms with Gasteiger partial charge in [-0.3, -0.25) is 4.98 Å². The Labute approximate surface area is 157 Å². The van der Waals surface area contributed by atoms with E-state index in [2.05, 4.69) is 19.8 Å². The van der Waals surface area contributed by atoms with Crippen LogP contribution < -0.4 is 9.64 Å². The molecule has 0 saturated carbocycles. The molecule has 9 heteroatoms. The summed E-state index contributed by atoms with van der Waals surface area (Å²) < 4.78 is 42.5. The van der Waals surface area contributed by atoms with Gasteiger partial charge in [0.05, 0.1) is 18.1 Å². The molecule has 3 heterocycles. The molecule has 0 radical (unpaired) electrons. The third kappa shape index (κ3) is 3.59. The zero-order chi connectivity index (χ0) is 19.7. The summed E-state index contributed by atoms with van der Waals surface area (Å²) in [6.45, 7) is 0. The van der Waals surface area contributed by atoms with E-state index in [-0.39, 0.29) is 5.75 Å². The van der Waals surface area contributed by atoms with Crippen molar-refractivity contribution >= 4 is 17.2 Å². The Bertz CT molecular complexity index is 1090. The highest BCUT2D eigenvalue weighted by Gasteiger charge is 2.31. The van der Waals surface area contributed by atoms with Crippen molar-refractivity contribution < 1.29 is 17.9 Å². The lowest BCUT2D eigenvalue weighted by atomic mass is 10.1. The van der Waals surface area contributed by atoms with Crippen molar-refractivity contribution in [1.29, 1.82) is 0 Å². The molecule has 0 amide bonds. The number of nitrogens with zero attached hydrogens (tertiary/aromatic N) is 5. The summed E-state index contributed by atoms with van der Waals surface area (Å²) in [6, 6.07) is 11.2. The van der Waals surface area contributed by atoms with Crippen LogP contribution >= 0.6 is 0 Å². The normalized spacial score (nSPS) is 11.6. The molecule has 6 nitrogen and oxygen atoms in total. The highest BCUT2D eigenvalue weighted by Crippen LogP contribution is 2.29. The van der Waals surface area contributed by atoms with Gasteiger partial charge in [0, 0.05) is 25.0 Å². The van der Waals surface area contributed by atoms with Gasteiger partial charge in [-0.15, -0.1) is 13.2 Å². The second-order valence-electron chi connectivity index (χ2n) is 5.95. The highest BCUT2D eigenvalue weighted by atomic mass is 19.4. The molecular formula is C19H14F3N5O. The molecule has 142 valence electrons. The second-order valence-corrected chi connectivity index (χ2v) is 5.95. The molecule has 0 bridgehead atoms. The molecule has 0 atom stereocenters. The van der Waals surface area contributed by atoms with Gasteiger partial charge in [0.2, 0.25) is 0 Å². The smallest absolute Gasteiger partial charge is 0.406 e. The van der Waals surface area contributed by atoms with Crippen LogP contribution in [0, 0.1) is 0 Å². The Hall–Kier alpha value is -3.62. The molecule has 0 N–H and O–H groups in total. The van der Waals surface area contributed by atoms with Gasteiger partial charge in [-0.25, -0.2) is 9.50 Å². The molecule has 4 aromatic rings. The maximum atomic E-state index is 12.3. The van der Waals surface area contributed by atoms with Crippen molar-refractivity contribution in [3.05, 3.63) is 67.3 Å². The zero-order valence-electron chi connectivity index (χ0n) is 14.6. The largest absolute Gasteiger partial charge is 0.573 e. The predicted molar refractivity (Wildman–Crippen MR) is 97.4 cm³/mol. The average molecular weight is 385 g/mol. The lowest BCUT2D eigenvalue weighted by molar-refractivity contribution is -0.274. The van der Waals surface area contributed by atoms with E-state index in [1.165, 1.54) is 24.3 Å². The van der Waals surface area contributed by atoms with Gasteiger partial charge in [-0.1, -0.05) is 12.1 Å². The van der Waals surface area contributed by atoms with Crippen LogP contribution in [0.5, 0.6) is 5.75 Å². The molecule has 3 aromatic heterocycles. The van der Waals surface area contributed by atoms with Gasteiger partial charge in [-0.2, -0.15) is 5.10 Å². The van der Waals surface area contributed by atoms with E-state index >= 15 is 0 Å². The number of anilines is 2. The molecule has 1 aromatic carbocycles. The Morgan fingerprint density at radius 2 is 1.82 bits per heavy atom. The molecule has 0 fully saturated rings. The Kier molecular flexibility index (Phi) is 4.34. The first-order chi connectivity index (χ1) is 13.4. The standard InChI is InChI=1S/C19H14F3N5O/c1-26(14-3-2-9-23-11-14)17-8-10-27-18(25-17)16(12-24-27)13-4-6-15(7-5-13)28-19(20,21)22/h2-12H,1H3. The molecule has 0 saturated heterocycles. The number of halogens is 3. The van der Waals surface area contributed by atoms with Crippen molar-refractivity contribution in [2.45, 2.75) is 6.36 Å². The van der Waals surface area contributed by atoms with Crippen LogP contribution in [0.4, 0.5) is 24.7 Å². The number of hydrogen-bond acceptors (Lipinski definition) is 5. The van der Waals surface area contributed by atoms with E-state index in [1.807, 2.05) is 30.1 Å². The van der Waals surface area contributed by atoms with Crippen molar-refractivity contribution in [1.82, 2.24) is 19.6 Å². The van der Waals surface area contributed by atoms with E-state index in [1.54, 1.807) is 29.3 Å². The Morgan fingerprint density at radius 1 is 1.04 bits per heavy atom. The quantitative estimate of drug-likeness (QED) is 0.519. The number of pyridine rings is 1. The van der Waals surface area contributed by atoms with Gasteiger partial charge in [-0.05, 0) is 35.9 Å². The number of alkyl halides is 3. The third-order valence-electron chi connectivity index (χ3n) is 4.13. The first-order valence-corrected chi connectivity index (χ1v) is 8.25. The fraction of sp³-hybridized carbons (Fsp3) is 0.105. The summed E-state index contributed by atoms with van der Waals surface area (Å²) in [5.41, 5.74) is 2.82. The van der Waals surface area contributed by atoms with Crippen LogP contribution in [0.2, 0.25) is 0 Å². The summed E-state index contributed by atoms with van der Waals surface area (Å²) in [7, 11) is 1.87. The fourth-order valence-electron chi connectivity index (χ4n) is 2.77. The van der Waals surface area contributed by atoms with Crippen molar-refractivity contribution in [3.8, 4) is 16.9 Å². The summed E-state index contributed by atoms with van der Waals surface area (Å²) >= 11 is 0. The molecule has 0 spiro atoms. The second kappa shape index (κ2) is 6.84. The van der Waals surface area contributed by atoms with E-state index < -0.39 is 6.36 Å². The molecule has 0 aliphatic heterocycles. The monoisotopic (exact) mass is 385 g/mol. The molecule has 0 unspecified atom stereocenters. The van der Waals surface area contributed by atoms with Crippen LogP contribution in [0.25, 0.3) is 16.8 Å². The van der Waals surface area contributed by atoms with Crippen LogP contribution in [0.15, 0.2) is 67.3 Å². The summed E-state index contributed by atoms with van der Waals surface area (Å²) in [6.07, 6.45) is 2.09. The van der Waals surface area contributed by atoms with Gasteiger partial charge in [0.1, 0.15) is 11.6 Å². The third-order valence-corrected chi connectivity index (χ3v) is 4.13. The van der Waals surface area contributed by atoms with Gasteiger partial charge in [0.25, 0.3) is 0 Å². The average Bonchev–Trinajstić information content (AvgIpc) is 3.11. The minimum absolute atomic E-state index is 0.280. The lowest BCUT2D eigenvalue weighted by Gasteiger charge is -2.17. The maximum Gasteiger partial charge on any atom is 0.573 e. The van der Waals surface area contributed by atoms with E-state index in [4.69, 9.17) is 0 Å². The van der Waals surface area contributed by atoms with E-state index in [9.17, 15) is 13.2 Å². The SMILES string of the molecule is CN(c1cccnc1)c1ccn2ncc(-c3ccc(OC(F)(F)F)cc3)c2n1. The first kappa shape index (κ1) is 17.8. The fourth-order valence-corrected chi connectivity index (χ4v) is 2.77. The molecule has 0 aliphatic carbocycles. The maximum absolute atomic E-state index is 12.3. The van der Waals surface area contributed by atoms with Gasteiger partial charge in [0.15, 0.2) is 5.65 Å². The highest BCUT2D eigenvalue weighted by molar-refractivity contribution is 5.78. The van der Waals surface area contributed by atoms with E-state index in [0.29, 0.717) is 22.6 Å². The molecule has 0 aliphatic rings. The van der Waals surface area contributed by atoms with Crippen molar-refractivity contribution in [3.63, 3.8) is 0 Å². The summed E-state index contributed by atoms with van der Waals surface area (Å²) in [4.78, 5) is 10.6. The summed E-state index contributed by atoms with van der Waals surface area (Å²) in [5.74, 6) is 0.400. The predicted octanol–water partition coefficient (Wildman–Crippen LogP) is 4.46. The lowest BCUT2D eigenvalue weighted by Crippen LogP contribution is -2.16. The van der Waals surface area contributed by atoms with Crippen LogP contribution in [-0.4, -0.2) is 33.0 Å². The number of rotatable bonds is 4. The van der Waals surface area contributed by atoms with Crippen molar-refractivity contribution in [2.75, 3.05) is 11.9 Å². The minimum atomic E-state index is -4.72. The number of fused-ring (bicyclic) bond motifs is 1. The topological polar surface area (TPSA) is 55.6 Å². The minimum Gasteiger partial charge on any atom is -0.406 e. The first-order valence-electron chi connectivity index (χ1n) is 8.25. The molecule has 28 heavy (non-hydrogen) atoms. The number of benzene rings is 1. The van der Waals surface area contributed by atoms with Crippen molar-refractivity contribution in [2.24, 2.45) is 0 Å². The summed E-state index contributed by atoms with van der Waals surface area (Å²) in [5, 5.41) is 4.26. The number of aromatic nitrogens is 4. The Morgan fingerprint density at radius 3 is 2.50 bits per heavy atom. The van der Waals surface area contributed by atoms with Crippen LogP contribution in [0.1, 0.15) is 0 Å². The number of ether oxygens (including phenoxy) is 1. The van der Waals surface area contributed by atoms with Crippen LogP contribution in [-0.2, 0) is 0 Å². The Balaban J connectivity index is 1.69. The van der Waals surface area contributed by atoms with Crippen LogP contribution in [0.3, 0.4) is 0 Å². The van der Waals surface area contributed by atoms with Gasteiger partial charge < -0.3 is 9.64 Å².